The lowest BCUT2D eigenvalue weighted by atomic mass is 10.2. The van der Waals surface area contributed by atoms with E-state index >= 15 is 0 Å². The molecule has 1 atom stereocenters. The highest BCUT2D eigenvalue weighted by Gasteiger charge is 2.21. The van der Waals surface area contributed by atoms with Gasteiger partial charge in [0.1, 0.15) is 0 Å². The van der Waals surface area contributed by atoms with Gasteiger partial charge in [0.05, 0.1) is 23.6 Å². The van der Waals surface area contributed by atoms with Crippen LogP contribution in [0.25, 0.3) is 11.4 Å². The zero-order valence-corrected chi connectivity index (χ0v) is 15.1. The first-order valence-corrected chi connectivity index (χ1v) is 8.35. The average Bonchev–Trinajstić information content (AvgIpc) is 3.08. The normalized spacial score (nSPS) is 12.0. The topological polar surface area (TPSA) is 129 Å². The summed E-state index contributed by atoms with van der Waals surface area (Å²) in [6.07, 6.45) is 0.751. The lowest BCUT2D eigenvalue weighted by Gasteiger charge is -2.09. The van der Waals surface area contributed by atoms with E-state index in [2.05, 4.69) is 20.4 Å². The molecule has 0 aliphatic heterocycles. The highest BCUT2D eigenvalue weighted by atomic mass is 35.5. The summed E-state index contributed by atoms with van der Waals surface area (Å²) in [6, 6.07) is 2.26. The molecule has 0 fully saturated rings. The number of hydrogen-bond acceptors (Lipinski definition) is 7. The SMILES string of the molecule is N[C@@H](CC(=O)O)Cn1nnc(-c2ccc(Oc3ncc(Cl)cc3F)c(F)c2F)n1. The average molecular weight is 429 g/mol. The van der Waals surface area contributed by atoms with Crippen LogP contribution in [0.5, 0.6) is 11.6 Å². The predicted molar refractivity (Wildman–Crippen MR) is 92.7 cm³/mol. The molecule has 0 bridgehead atoms. The fourth-order valence-corrected chi connectivity index (χ4v) is 2.44. The molecular formula is C16H12ClF3N6O3. The molecular weight excluding hydrogens is 417 g/mol. The van der Waals surface area contributed by atoms with Gasteiger partial charge in [-0.25, -0.2) is 13.8 Å². The van der Waals surface area contributed by atoms with Crippen LogP contribution < -0.4 is 10.5 Å². The number of carbonyl (C=O) groups is 1. The Morgan fingerprint density at radius 1 is 1.31 bits per heavy atom. The zero-order valence-electron chi connectivity index (χ0n) is 14.4. The number of hydrogen-bond donors (Lipinski definition) is 2. The van der Waals surface area contributed by atoms with Crippen molar-refractivity contribution in [3.8, 4) is 23.0 Å². The Bertz CT molecular complexity index is 1060. The van der Waals surface area contributed by atoms with Crippen molar-refractivity contribution in [1.82, 2.24) is 25.2 Å². The van der Waals surface area contributed by atoms with Crippen molar-refractivity contribution in [2.75, 3.05) is 0 Å². The number of benzene rings is 1. The summed E-state index contributed by atoms with van der Waals surface area (Å²) in [7, 11) is 0. The molecule has 3 N–H and O–H groups in total. The monoisotopic (exact) mass is 428 g/mol. The van der Waals surface area contributed by atoms with Crippen molar-refractivity contribution in [3.63, 3.8) is 0 Å². The maximum atomic E-state index is 14.4. The first kappa shape index (κ1) is 20.5. The summed E-state index contributed by atoms with van der Waals surface area (Å²) in [4.78, 5) is 15.2. The minimum atomic E-state index is -1.42. The van der Waals surface area contributed by atoms with Crippen LogP contribution in [0, 0.1) is 17.5 Å². The van der Waals surface area contributed by atoms with E-state index in [0.29, 0.717) is 0 Å². The van der Waals surface area contributed by atoms with Gasteiger partial charge in [0.2, 0.25) is 11.6 Å². The van der Waals surface area contributed by atoms with Crippen molar-refractivity contribution in [2.45, 2.75) is 19.0 Å². The third-order valence-electron chi connectivity index (χ3n) is 3.56. The van der Waals surface area contributed by atoms with Crippen molar-refractivity contribution in [3.05, 3.63) is 46.9 Å². The number of ether oxygens (including phenoxy) is 1. The van der Waals surface area contributed by atoms with Gasteiger partial charge in [-0.2, -0.15) is 9.19 Å². The van der Waals surface area contributed by atoms with E-state index in [1.807, 2.05) is 0 Å². The molecule has 3 rings (SSSR count). The number of tetrazole rings is 1. The number of aromatic nitrogens is 5. The number of aliphatic carboxylic acids is 1. The van der Waals surface area contributed by atoms with Crippen LogP contribution in [0.1, 0.15) is 6.42 Å². The van der Waals surface area contributed by atoms with Crippen LogP contribution in [-0.4, -0.2) is 42.3 Å². The molecule has 152 valence electrons. The first-order chi connectivity index (χ1) is 13.7. The van der Waals surface area contributed by atoms with Crippen LogP contribution in [0.4, 0.5) is 13.2 Å². The lowest BCUT2D eigenvalue weighted by Crippen LogP contribution is -2.30. The van der Waals surface area contributed by atoms with Crippen molar-refractivity contribution in [2.24, 2.45) is 5.73 Å². The largest absolute Gasteiger partial charge is 0.481 e. The summed E-state index contributed by atoms with van der Waals surface area (Å²) in [5.41, 5.74) is 5.28. The van der Waals surface area contributed by atoms with E-state index in [0.717, 1.165) is 29.2 Å². The van der Waals surface area contributed by atoms with Gasteiger partial charge in [-0.1, -0.05) is 11.6 Å². The Kier molecular flexibility index (Phi) is 5.94. The van der Waals surface area contributed by atoms with Crippen molar-refractivity contribution >= 4 is 17.6 Å². The third kappa shape index (κ3) is 4.78. The number of nitrogens with zero attached hydrogens (tertiary/aromatic N) is 5. The molecule has 1 aromatic carbocycles. The first-order valence-electron chi connectivity index (χ1n) is 7.97. The molecule has 29 heavy (non-hydrogen) atoms. The molecule has 3 aromatic rings. The van der Waals surface area contributed by atoms with Gasteiger partial charge in [0.15, 0.2) is 17.4 Å². The fourth-order valence-electron chi connectivity index (χ4n) is 2.29. The standard InChI is InChI=1S/C16H12ClF3N6O3/c17-7-3-10(18)16(22-5-7)29-11-2-1-9(13(19)14(11)20)15-23-25-26(24-15)6-8(21)4-12(27)28/h1-3,5,8H,4,6,21H2,(H,27,28)/t8-/m0/s1. The molecule has 2 aromatic heterocycles. The minimum absolute atomic E-state index is 0.00841. The zero-order chi connectivity index (χ0) is 21.1. The molecule has 2 heterocycles. The Morgan fingerprint density at radius 2 is 2.07 bits per heavy atom. The Balaban J connectivity index is 1.82. The summed E-state index contributed by atoms with van der Waals surface area (Å²) in [5, 5.41) is 19.8. The third-order valence-corrected chi connectivity index (χ3v) is 3.76. The van der Waals surface area contributed by atoms with Crippen LogP contribution in [0.2, 0.25) is 5.02 Å². The van der Waals surface area contributed by atoms with E-state index in [-0.39, 0.29) is 29.4 Å². The molecule has 0 amide bonds. The van der Waals surface area contributed by atoms with Gasteiger partial charge in [-0.05, 0) is 23.4 Å². The number of carboxylic acid groups (broad SMARTS) is 1. The predicted octanol–water partition coefficient (Wildman–Crippen LogP) is 2.40. The van der Waals surface area contributed by atoms with E-state index < -0.39 is 41.1 Å². The Hall–Kier alpha value is -3.25. The van der Waals surface area contributed by atoms with Gasteiger partial charge in [-0.3, -0.25) is 4.79 Å². The summed E-state index contributed by atoms with van der Waals surface area (Å²) >= 11 is 5.57. The number of halogens is 4. The smallest absolute Gasteiger partial charge is 0.304 e. The van der Waals surface area contributed by atoms with Crippen molar-refractivity contribution in [1.29, 1.82) is 0 Å². The molecule has 9 nitrogen and oxygen atoms in total. The van der Waals surface area contributed by atoms with E-state index in [1.165, 1.54) is 0 Å². The fraction of sp³-hybridized carbons (Fsp3) is 0.188. The molecule has 0 unspecified atom stereocenters. The van der Waals surface area contributed by atoms with Crippen molar-refractivity contribution < 1.29 is 27.8 Å². The molecule has 13 heteroatoms. The minimum Gasteiger partial charge on any atom is -0.481 e. The van der Waals surface area contributed by atoms with Crippen LogP contribution >= 0.6 is 11.6 Å². The van der Waals surface area contributed by atoms with Gasteiger partial charge in [-0.15, -0.1) is 10.2 Å². The number of rotatable bonds is 7. The van der Waals surface area contributed by atoms with E-state index in [9.17, 15) is 18.0 Å². The lowest BCUT2D eigenvalue weighted by molar-refractivity contribution is -0.137. The van der Waals surface area contributed by atoms with Crippen LogP contribution in [0.3, 0.4) is 0 Å². The summed E-state index contributed by atoms with van der Waals surface area (Å²) < 4.78 is 47.5. The van der Waals surface area contributed by atoms with E-state index in [1.54, 1.807) is 0 Å². The molecule has 0 radical (unpaired) electrons. The number of nitrogens with two attached hydrogens (primary N) is 1. The Labute approximate surface area is 165 Å². The second-order valence-corrected chi connectivity index (χ2v) is 6.24. The number of pyridine rings is 1. The van der Waals surface area contributed by atoms with Crippen LogP contribution in [0.15, 0.2) is 24.4 Å². The molecule has 0 saturated heterocycles. The van der Waals surface area contributed by atoms with Gasteiger partial charge in [0.25, 0.3) is 5.88 Å². The van der Waals surface area contributed by atoms with Gasteiger partial charge < -0.3 is 15.6 Å². The van der Waals surface area contributed by atoms with Gasteiger partial charge in [0, 0.05) is 12.2 Å². The molecule has 0 aliphatic rings. The second kappa shape index (κ2) is 8.41. The maximum absolute atomic E-state index is 14.4. The quantitative estimate of drug-likeness (QED) is 0.587. The number of carboxylic acids is 1. The highest BCUT2D eigenvalue weighted by molar-refractivity contribution is 6.30. The van der Waals surface area contributed by atoms with Gasteiger partial charge >= 0.3 is 5.97 Å². The molecule has 0 saturated carbocycles. The molecule has 0 aliphatic carbocycles. The van der Waals surface area contributed by atoms with E-state index in [4.69, 9.17) is 27.2 Å². The second-order valence-electron chi connectivity index (χ2n) is 5.81. The summed E-state index contributed by atoms with van der Waals surface area (Å²) in [6.45, 7) is -0.0912. The highest BCUT2D eigenvalue weighted by Crippen LogP contribution is 2.31. The molecule has 0 spiro atoms. The Morgan fingerprint density at radius 3 is 2.76 bits per heavy atom. The summed E-state index contributed by atoms with van der Waals surface area (Å²) in [5.74, 6) is -6.29. The van der Waals surface area contributed by atoms with Crippen LogP contribution in [-0.2, 0) is 11.3 Å². The maximum Gasteiger partial charge on any atom is 0.304 e.